The van der Waals surface area contributed by atoms with E-state index in [1.54, 1.807) is 31.2 Å². The average Bonchev–Trinajstić information content (AvgIpc) is 3.52. The van der Waals surface area contributed by atoms with Gasteiger partial charge in [0.15, 0.2) is 0 Å². The smallest absolute Gasteiger partial charge is 0.329 e. The number of hydrogen-bond acceptors (Lipinski definition) is 8. The SMILES string of the molecule is CC1=C\[C@@H](O)CC(=O)Cc2cnc(o2)C(=O)N2CCC[C@@H]2C(=O)O[C@H](C(C)C)[C@H](C)/C=C/C(=O)NC\C=C\1. The summed E-state index contributed by atoms with van der Waals surface area (Å²) in [6, 6.07) is -0.779. The van der Waals surface area contributed by atoms with Crippen molar-refractivity contribution in [2.75, 3.05) is 13.1 Å². The minimum atomic E-state index is -0.998. The third-order valence-corrected chi connectivity index (χ3v) is 6.54. The summed E-state index contributed by atoms with van der Waals surface area (Å²) in [6.07, 6.45) is 8.80. The summed E-state index contributed by atoms with van der Waals surface area (Å²) < 4.78 is 11.4. The molecule has 2 aliphatic heterocycles. The van der Waals surface area contributed by atoms with Gasteiger partial charge in [-0.25, -0.2) is 9.78 Å². The number of esters is 1. The van der Waals surface area contributed by atoms with Crippen LogP contribution in [-0.4, -0.2) is 69.9 Å². The highest BCUT2D eigenvalue weighted by molar-refractivity contribution is 5.93. The zero-order chi connectivity index (χ0) is 27.8. The number of nitrogens with one attached hydrogen (secondary N) is 1. The lowest BCUT2D eigenvalue weighted by Crippen LogP contribution is -2.44. The van der Waals surface area contributed by atoms with Crippen molar-refractivity contribution < 1.29 is 33.4 Å². The Kier molecular flexibility index (Phi) is 10.2. The van der Waals surface area contributed by atoms with Crippen molar-refractivity contribution in [2.45, 2.75) is 71.6 Å². The summed E-state index contributed by atoms with van der Waals surface area (Å²) in [5.41, 5.74) is 0.733. The largest absolute Gasteiger partial charge is 0.460 e. The van der Waals surface area contributed by atoms with E-state index < -0.39 is 30.1 Å². The van der Waals surface area contributed by atoms with E-state index in [1.807, 2.05) is 20.8 Å². The first-order chi connectivity index (χ1) is 18.0. The summed E-state index contributed by atoms with van der Waals surface area (Å²) in [5, 5.41) is 13.0. The van der Waals surface area contributed by atoms with E-state index >= 15 is 0 Å². The van der Waals surface area contributed by atoms with Gasteiger partial charge in [0.1, 0.15) is 23.7 Å². The number of ketones is 1. The van der Waals surface area contributed by atoms with Gasteiger partial charge in [-0.2, -0.15) is 0 Å². The number of carbonyl (C=O) groups is 4. The molecule has 0 radical (unpaired) electrons. The van der Waals surface area contributed by atoms with Gasteiger partial charge in [-0.15, -0.1) is 0 Å². The van der Waals surface area contributed by atoms with Gasteiger partial charge in [-0.1, -0.05) is 50.6 Å². The summed E-state index contributed by atoms with van der Waals surface area (Å²) in [5.74, 6) is -1.89. The van der Waals surface area contributed by atoms with E-state index in [-0.39, 0.29) is 54.6 Å². The van der Waals surface area contributed by atoms with Crippen LogP contribution in [0.25, 0.3) is 0 Å². The number of carbonyl (C=O) groups excluding carboxylic acids is 4. The molecule has 1 aromatic rings. The fourth-order valence-electron chi connectivity index (χ4n) is 4.66. The number of aliphatic hydroxyl groups excluding tert-OH is 1. The van der Waals surface area contributed by atoms with Crippen LogP contribution in [-0.2, 0) is 25.5 Å². The number of hydrogen-bond donors (Lipinski definition) is 2. The van der Waals surface area contributed by atoms with E-state index in [4.69, 9.17) is 9.15 Å². The number of Topliss-reactive ketones (excluding diaryl/α,β-unsaturated/α-hetero) is 1. The third-order valence-electron chi connectivity index (χ3n) is 6.54. The van der Waals surface area contributed by atoms with Crippen LogP contribution in [0.5, 0.6) is 0 Å². The van der Waals surface area contributed by atoms with Gasteiger partial charge in [-0.3, -0.25) is 14.4 Å². The number of oxazole rings is 1. The lowest BCUT2D eigenvalue weighted by Gasteiger charge is -2.29. The predicted octanol–water partition coefficient (Wildman–Crippen LogP) is 2.53. The maximum absolute atomic E-state index is 13.2. The van der Waals surface area contributed by atoms with Gasteiger partial charge < -0.3 is 24.5 Å². The number of ether oxygens (including phenoxy) is 1. The van der Waals surface area contributed by atoms with Crippen LogP contribution in [0.4, 0.5) is 0 Å². The number of amides is 2. The van der Waals surface area contributed by atoms with Crippen molar-refractivity contribution in [3.63, 3.8) is 0 Å². The maximum Gasteiger partial charge on any atom is 0.329 e. The standard InChI is InChI=1S/C28H37N3O7/c1-17(2)25-19(4)9-10-24(34)29-11-5-7-18(3)13-20(32)14-21(33)15-22-16-30-26(37-22)27(35)31-12-6-8-23(31)28(36)38-25/h5,7,9-10,13,16-17,19-20,23,25,32H,6,8,11-12,14-15H2,1-4H3,(H,29,34)/b7-5+,10-9+,18-13+/t19-,20-,23-,25-/m1/s1. The first-order valence-electron chi connectivity index (χ1n) is 13.0. The number of aromatic nitrogens is 1. The molecule has 1 saturated heterocycles. The molecule has 0 aliphatic carbocycles. The minimum Gasteiger partial charge on any atom is -0.460 e. The van der Waals surface area contributed by atoms with Crippen molar-refractivity contribution in [1.29, 1.82) is 0 Å². The van der Waals surface area contributed by atoms with Crippen LogP contribution in [0.1, 0.15) is 63.4 Å². The zero-order valence-corrected chi connectivity index (χ0v) is 22.4. The molecule has 0 unspecified atom stereocenters. The van der Waals surface area contributed by atoms with Gasteiger partial charge >= 0.3 is 11.9 Å². The minimum absolute atomic E-state index is 0.0263. The van der Waals surface area contributed by atoms with Crippen molar-refractivity contribution in [2.24, 2.45) is 11.8 Å². The number of cyclic esters (lactones) is 1. The van der Waals surface area contributed by atoms with Crippen LogP contribution < -0.4 is 5.32 Å². The summed E-state index contributed by atoms with van der Waals surface area (Å²) in [6.45, 7) is 8.14. The fraction of sp³-hybridized carbons (Fsp3) is 0.536. The molecule has 1 fully saturated rings. The Morgan fingerprint density at radius 1 is 1.18 bits per heavy atom. The molecule has 2 bridgehead atoms. The molecule has 2 N–H and O–H groups in total. The van der Waals surface area contributed by atoms with Gasteiger partial charge in [0.25, 0.3) is 5.89 Å². The first-order valence-corrected chi connectivity index (χ1v) is 13.0. The Hall–Kier alpha value is -3.53. The molecule has 4 atom stereocenters. The predicted molar refractivity (Wildman–Crippen MR) is 139 cm³/mol. The van der Waals surface area contributed by atoms with Crippen molar-refractivity contribution in [3.05, 3.63) is 53.8 Å². The van der Waals surface area contributed by atoms with Crippen LogP contribution in [0.15, 0.2) is 46.6 Å². The second kappa shape index (κ2) is 13.3. The maximum atomic E-state index is 13.2. The molecule has 38 heavy (non-hydrogen) atoms. The highest BCUT2D eigenvalue weighted by Crippen LogP contribution is 2.25. The Morgan fingerprint density at radius 3 is 2.68 bits per heavy atom. The monoisotopic (exact) mass is 527 g/mol. The molecule has 10 nitrogen and oxygen atoms in total. The number of rotatable bonds is 1. The van der Waals surface area contributed by atoms with Gasteiger partial charge in [0, 0.05) is 25.4 Å². The Labute approximate surface area is 222 Å². The molecular formula is C28H37N3O7. The number of fused-ring (bicyclic) bond motifs is 3. The van der Waals surface area contributed by atoms with Gasteiger partial charge in [0.05, 0.1) is 18.7 Å². The molecule has 0 saturated carbocycles. The number of allylic oxidation sites excluding steroid dienone is 2. The van der Waals surface area contributed by atoms with E-state index in [2.05, 4.69) is 10.3 Å². The molecule has 1 aromatic heterocycles. The molecule has 2 amide bonds. The molecule has 0 spiro atoms. The second-order valence-corrected chi connectivity index (χ2v) is 10.2. The lowest BCUT2D eigenvalue weighted by atomic mass is 9.94. The van der Waals surface area contributed by atoms with E-state index in [1.165, 1.54) is 17.2 Å². The second-order valence-electron chi connectivity index (χ2n) is 10.2. The van der Waals surface area contributed by atoms with Gasteiger partial charge in [-0.05, 0) is 31.8 Å². The topological polar surface area (TPSA) is 139 Å². The van der Waals surface area contributed by atoms with Crippen LogP contribution in [0.3, 0.4) is 0 Å². The molecule has 2 aliphatic rings. The molecule has 3 rings (SSSR count). The average molecular weight is 528 g/mol. The number of aliphatic hydroxyl groups is 1. The van der Waals surface area contributed by atoms with Crippen LogP contribution in [0.2, 0.25) is 0 Å². The Bertz CT molecular complexity index is 1120. The summed E-state index contributed by atoms with van der Waals surface area (Å²) >= 11 is 0. The zero-order valence-electron chi connectivity index (χ0n) is 22.4. The highest BCUT2D eigenvalue weighted by atomic mass is 16.5. The van der Waals surface area contributed by atoms with Gasteiger partial charge in [0.2, 0.25) is 5.91 Å². The van der Waals surface area contributed by atoms with Crippen LogP contribution >= 0.6 is 0 Å². The summed E-state index contributed by atoms with van der Waals surface area (Å²) in [4.78, 5) is 56.4. The normalized spacial score (nSPS) is 29.7. The highest BCUT2D eigenvalue weighted by Gasteiger charge is 2.39. The van der Waals surface area contributed by atoms with E-state index in [0.29, 0.717) is 19.4 Å². The Morgan fingerprint density at radius 2 is 1.95 bits per heavy atom. The lowest BCUT2D eigenvalue weighted by molar-refractivity contribution is -0.158. The number of nitrogens with zero attached hydrogens (tertiary/aromatic N) is 2. The quantitative estimate of drug-likeness (QED) is 0.531. The Balaban J connectivity index is 1.85. The fourth-order valence-corrected chi connectivity index (χ4v) is 4.66. The van der Waals surface area contributed by atoms with Crippen LogP contribution in [0, 0.1) is 11.8 Å². The first kappa shape index (κ1) is 29.0. The van der Waals surface area contributed by atoms with E-state index in [9.17, 15) is 24.3 Å². The van der Waals surface area contributed by atoms with E-state index in [0.717, 1.165) is 5.57 Å². The molecular weight excluding hydrogens is 490 g/mol. The molecule has 10 heteroatoms. The van der Waals surface area contributed by atoms with Crippen molar-refractivity contribution >= 4 is 23.6 Å². The molecule has 0 aromatic carbocycles. The third kappa shape index (κ3) is 7.98. The van der Waals surface area contributed by atoms with Crippen molar-refractivity contribution in [1.82, 2.24) is 15.2 Å². The summed E-state index contributed by atoms with van der Waals surface area (Å²) in [7, 11) is 0. The van der Waals surface area contributed by atoms with Crippen molar-refractivity contribution in [3.8, 4) is 0 Å². The molecule has 206 valence electrons. The molecule has 3 heterocycles.